The van der Waals surface area contributed by atoms with Crippen molar-refractivity contribution < 1.29 is 4.79 Å². The summed E-state index contributed by atoms with van der Waals surface area (Å²) in [4.78, 5) is 28.5. The average molecular weight is 254 g/mol. The van der Waals surface area contributed by atoms with Gasteiger partial charge >= 0.3 is 4.87 Å². The Morgan fingerprint density at radius 1 is 1.35 bits per heavy atom. The van der Waals surface area contributed by atoms with Gasteiger partial charge in [-0.1, -0.05) is 25.2 Å². The molecule has 1 aliphatic heterocycles. The molecule has 0 aromatic carbocycles. The number of rotatable bonds is 1. The molecule has 0 aliphatic carbocycles. The van der Waals surface area contributed by atoms with E-state index in [0.29, 0.717) is 22.4 Å². The first-order chi connectivity index (χ1) is 7.97. The van der Waals surface area contributed by atoms with Crippen molar-refractivity contribution in [2.24, 2.45) is 11.8 Å². The lowest BCUT2D eigenvalue weighted by Crippen LogP contribution is -2.42. The van der Waals surface area contributed by atoms with E-state index in [1.807, 2.05) is 4.90 Å². The largest absolute Gasteiger partial charge is 0.337 e. The van der Waals surface area contributed by atoms with E-state index in [9.17, 15) is 9.59 Å². The van der Waals surface area contributed by atoms with Gasteiger partial charge in [-0.2, -0.15) is 0 Å². The molecule has 2 unspecified atom stereocenters. The zero-order valence-electron chi connectivity index (χ0n) is 10.4. The fraction of sp³-hybridized carbons (Fsp3) is 0.667. The molecule has 1 amide bonds. The van der Waals surface area contributed by atoms with Crippen LogP contribution in [0.4, 0.5) is 0 Å². The normalized spacial score (nSPS) is 25.0. The Hall–Kier alpha value is -1.10. The maximum atomic E-state index is 12.3. The minimum atomic E-state index is -0.149. The number of hydrogen-bond donors (Lipinski definition) is 1. The number of amides is 1. The second-order valence-corrected chi connectivity index (χ2v) is 6.11. The van der Waals surface area contributed by atoms with E-state index >= 15 is 0 Å². The Balaban J connectivity index is 2.20. The molecule has 94 valence electrons. The van der Waals surface area contributed by atoms with Gasteiger partial charge in [-0.3, -0.25) is 9.59 Å². The number of nitrogens with zero attached hydrogens (tertiary/aromatic N) is 1. The summed E-state index contributed by atoms with van der Waals surface area (Å²) in [5.74, 6) is 1.08. The third-order valence-corrected chi connectivity index (χ3v) is 4.15. The minimum absolute atomic E-state index is 0.00394. The van der Waals surface area contributed by atoms with Gasteiger partial charge in [-0.25, -0.2) is 0 Å². The molecule has 0 spiro atoms. The molecule has 1 N–H and O–H groups in total. The summed E-state index contributed by atoms with van der Waals surface area (Å²) < 4.78 is 0. The molecule has 1 aliphatic rings. The zero-order chi connectivity index (χ0) is 12.6. The number of nitrogens with one attached hydrogen (secondary N) is 1. The standard InChI is InChI=1S/C12H18N2O2S/c1-7-4-8(2)6-14(5-7)11(15)10-9(3)13-12(16)17-10/h7-8H,4-6H2,1-3H3,(H,13,16). The highest BCUT2D eigenvalue weighted by Crippen LogP contribution is 2.23. The van der Waals surface area contributed by atoms with Crippen LogP contribution in [0.2, 0.25) is 0 Å². The summed E-state index contributed by atoms with van der Waals surface area (Å²) in [7, 11) is 0. The lowest BCUT2D eigenvalue weighted by atomic mass is 9.92. The van der Waals surface area contributed by atoms with Crippen molar-refractivity contribution in [3.8, 4) is 0 Å². The summed E-state index contributed by atoms with van der Waals surface area (Å²) in [6.07, 6.45) is 1.17. The van der Waals surface area contributed by atoms with Crippen molar-refractivity contribution in [1.29, 1.82) is 0 Å². The second kappa shape index (κ2) is 4.64. The van der Waals surface area contributed by atoms with Gasteiger partial charge in [0.15, 0.2) is 0 Å². The summed E-state index contributed by atoms with van der Waals surface area (Å²) in [6, 6.07) is 0. The van der Waals surface area contributed by atoms with Crippen LogP contribution < -0.4 is 4.87 Å². The van der Waals surface area contributed by atoms with Crippen LogP contribution in [-0.2, 0) is 0 Å². The van der Waals surface area contributed by atoms with E-state index in [-0.39, 0.29) is 10.8 Å². The van der Waals surface area contributed by atoms with Crippen molar-refractivity contribution >= 4 is 17.2 Å². The van der Waals surface area contributed by atoms with Crippen molar-refractivity contribution in [3.05, 3.63) is 20.2 Å². The molecule has 0 radical (unpaired) electrons. The molecule has 2 rings (SSSR count). The smallest absolute Gasteiger partial charge is 0.305 e. The number of aromatic amines is 1. The first-order valence-electron chi connectivity index (χ1n) is 5.96. The quantitative estimate of drug-likeness (QED) is 0.831. The fourth-order valence-electron chi connectivity index (χ4n) is 2.58. The Morgan fingerprint density at radius 3 is 2.41 bits per heavy atom. The molecule has 0 bridgehead atoms. The molecule has 1 saturated heterocycles. The molecule has 2 atom stereocenters. The minimum Gasteiger partial charge on any atom is -0.337 e. The van der Waals surface area contributed by atoms with Gasteiger partial charge < -0.3 is 9.88 Å². The highest BCUT2D eigenvalue weighted by molar-refractivity contribution is 7.11. The van der Waals surface area contributed by atoms with Gasteiger partial charge in [0.2, 0.25) is 0 Å². The van der Waals surface area contributed by atoms with Crippen LogP contribution in [0.3, 0.4) is 0 Å². The summed E-state index contributed by atoms with van der Waals surface area (Å²) in [5, 5.41) is 0. The Bertz CT molecular complexity index is 467. The topological polar surface area (TPSA) is 53.2 Å². The number of H-pyrrole nitrogens is 1. The second-order valence-electron chi connectivity index (χ2n) is 5.12. The molecule has 1 fully saturated rings. The number of likely N-dealkylation sites (tertiary alicyclic amines) is 1. The predicted molar refractivity (Wildman–Crippen MR) is 68.5 cm³/mol. The van der Waals surface area contributed by atoms with Crippen LogP contribution in [0.25, 0.3) is 0 Å². The van der Waals surface area contributed by atoms with Crippen LogP contribution in [0.5, 0.6) is 0 Å². The number of carbonyl (C=O) groups is 1. The van der Waals surface area contributed by atoms with Crippen LogP contribution in [0.15, 0.2) is 4.79 Å². The maximum absolute atomic E-state index is 12.3. The summed E-state index contributed by atoms with van der Waals surface area (Å²) in [5.41, 5.74) is 0.691. The van der Waals surface area contributed by atoms with E-state index in [1.165, 1.54) is 6.42 Å². The molecular weight excluding hydrogens is 236 g/mol. The number of carbonyl (C=O) groups excluding carboxylic acids is 1. The molecular formula is C12H18N2O2S. The van der Waals surface area contributed by atoms with Gasteiger partial charge in [0.25, 0.3) is 5.91 Å². The average Bonchev–Trinajstić information content (AvgIpc) is 2.55. The van der Waals surface area contributed by atoms with Crippen molar-refractivity contribution in [3.63, 3.8) is 0 Å². The predicted octanol–water partition coefficient (Wildman–Crippen LogP) is 1.86. The van der Waals surface area contributed by atoms with Gasteiger partial charge in [0.1, 0.15) is 4.88 Å². The highest BCUT2D eigenvalue weighted by Gasteiger charge is 2.27. The maximum Gasteiger partial charge on any atom is 0.305 e. The van der Waals surface area contributed by atoms with Crippen molar-refractivity contribution in [2.75, 3.05) is 13.1 Å². The Morgan fingerprint density at radius 2 is 1.94 bits per heavy atom. The van der Waals surface area contributed by atoms with Crippen LogP contribution >= 0.6 is 11.3 Å². The van der Waals surface area contributed by atoms with Crippen LogP contribution in [0.1, 0.15) is 35.6 Å². The monoisotopic (exact) mass is 254 g/mol. The SMILES string of the molecule is Cc1[nH]c(=O)sc1C(=O)N1CC(C)CC(C)C1. The van der Waals surface area contributed by atoms with Gasteiger partial charge in [-0.05, 0) is 25.2 Å². The van der Waals surface area contributed by atoms with Crippen LogP contribution in [-0.4, -0.2) is 28.9 Å². The van der Waals surface area contributed by atoms with Crippen molar-refractivity contribution in [1.82, 2.24) is 9.88 Å². The number of aryl methyl sites for hydroxylation is 1. The number of hydrogen-bond acceptors (Lipinski definition) is 3. The lowest BCUT2D eigenvalue weighted by molar-refractivity contribution is 0.0627. The first-order valence-corrected chi connectivity index (χ1v) is 6.78. The molecule has 2 heterocycles. The van der Waals surface area contributed by atoms with Gasteiger partial charge in [0, 0.05) is 18.8 Å². The first kappa shape index (κ1) is 12.4. The third-order valence-electron chi connectivity index (χ3n) is 3.18. The third kappa shape index (κ3) is 2.60. The van der Waals surface area contributed by atoms with Gasteiger partial charge in [0.05, 0.1) is 0 Å². The van der Waals surface area contributed by atoms with Crippen molar-refractivity contribution in [2.45, 2.75) is 27.2 Å². The van der Waals surface area contributed by atoms with E-state index in [4.69, 9.17) is 0 Å². The highest BCUT2D eigenvalue weighted by atomic mass is 32.1. The Labute approximate surface area is 105 Å². The Kier molecular flexibility index (Phi) is 3.38. The molecule has 0 saturated carbocycles. The summed E-state index contributed by atoms with van der Waals surface area (Å²) >= 11 is 1.02. The van der Waals surface area contributed by atoms with E-state index < -0.39 is 0 Å². The van der Waals surface area contributed by atoms with E-state index in [1.54, 1.807) is 6.92 Å². The van der Waals surface area contributed by atoms with E-state index in [2.05, 4.69) is 18.8 Å². The molecule has 17 heavy (non-hydrogen) atoms. The summed E-state index contributed by atoms with van der Waals surface area (Å²) in [6.45, 7) is 7.72. The zero-order valence-corrected chi connectivity index (χ0v) is 11.3. The number of thiazole rings is 1. The molecule has 1 aromatic heterocycles. The fourth-order valence-corrected chi connectivity index (χ4v) is 3.39. The number of piperidine rings is 1. The molecule has 1 aromatic rings. The number of aromatic nitrogens is 1. The molecule has 5 heteroatoms. The lowest BCUT2D eigenvalue weighted by Gasteiger charge is -2.34. The van der Waals surface area contributed by atoms with E-state index in [0.717, 1.165) is 24.4 Å². The van der Waals surface area contributed by atoms with Gasteiger partial charge in [-0.15, -0.1) is 0 Å². The molecule has 4 nitrogen and oxygen atoms in total. The van der Waals surface area contributed by atoms with Crippen LogP contribution in [0, 0.1) is 18.8 Å².